The summed E-state index contributed by atoms with van der Waals surface area (Å²) in [7, 11) is 0. The van der Waals surface area contributed by atoms with E-state index in [1.165, 1.54) is 16.9 Å². The molecule has 0 spiro atoms. The van der Waals surface area contributed by atoms with Crippen molar-refractivity contribution < 1.29 is 9.18 Å². The van der Waals surface area contributed by atoms with Crippen molar-refractivity contribution in [1.82, 2.24) is 20.3 Å². The lowest BCUT2D eigenvalue weighted by atomic mass is 10.1. The van der Waals surface area contributed by atoms with Crippen molar-refractivity contribution in [2.75, 3.05) is 5.32 Å². The van der Waals surface area contributed by atoms with Gasteiger partial charge in [-0.25, -0.2) is 4.39 Å². The van der Waals surface area contributed by atoms with Gasteiger partial charge in [-0.1, -0.05) is 17.2 Å². The monoisotopic (exact) mass is 419 g/mol. The Balaban J connectivity index is 1.48. The molecule has 8 heteroatoms. The fraction of sp³-hybridized carbons (Fsp3) is 0.0909. The lowest BCUT2D eigenvalue weighted by molar-refractivity contribution is 0.0977. The second-order valence-electron chi connectivity index (χ2n) is 6.95. The smallest absolute Gasteiger partial charge is 0.257 e. The summed E-state index contributed by atoms with van der Waals surface area (Å²) >= 11 is 5.27. The molecule has 4 rings (SSSR count). The van der Waals surface area contributed by atoms with Crippen LogP contribution in [0.3, 0.4) is 0 Å². The summed E-state index contributed by atoms with van der Waals surface area (Å²) in [5, 5.41) is 14.7. The Kier molecular flexibility index (Phi) is 5.24. The Hall–Kier alpha value is -3.65. The van der Waals surface area contributed by atoms with Gasteiger partial charge in [-0.3, -0.25) is 10.1 Å². The summed E-state index contributed by atoms with van der Waals surface area (Å²) in [5.74, 6) is -0.596. The maximum atomic E-state index is 13.1. The Morgan fingerprint density at radius 3 is 2.30 bits per heavy atom. The third-order valence-corrected chi connectivity index (χ3v) is 4.61. The summed E-state index contributed by atoms with van der Waals surface area (Å²) in [6.07, 6.45) is 0. The fourth-order valence-corrected chi connectivity index (χ4v) is 3.34. The molecular weight excluding hydrogens is 401 g/mol. The van der Waals surface area contributed by atoms with Crippen LogP contribution in [-0.2, 0) is 0 Å². The minimum absolute atomic E-state index is 0.185. The number of anilines is 1. The molecule has 1 amide bonds. The van der Waals surface area contributed by atoms with Gasteiger partial charge < -0.3 is 5.32 Å². The van der Waals surface area contributed by atoms with E-state index < -0.39 is 0 Å². The first-order chi connectivity index (χ1) is 14.4. The lowest BCUT2D eigenvalue weighted by Crippen LogP contribution is -2.34. The number of nitrogens with zero attached hydrogens (tertiary/aromatic N) is 3. The minimum atomic E-state index is -0.321. The van der Waals surface area contributed by atoms with Crippen molar-refractivity contribution in [2.45, 2.75) is 13.8 Å². The second-order valence-corrected chi connectivity index (χ2v) is 7.36. The highest BCUT2D eigenvalue weighted by molar-refractivity contribution is 7.80. The van der Waals surface area contributed by atoms with Crippen LogP contribution in [0.15, 0.2) is 60.7 Å². The van der Waals surface area contributed by atoms with Gasteiger partial charge in [-0.15, -0.1) is 10.2 Å². The molecule has 0 aliphatic heterocycles. The van der Waals surface area contributed by atoms with Crippen LogP contribution in [0, 0.1) is 19.7 Å². The van der Waals surface area contributed by atoms with Gasteiger partial charge in [0.2, 0.25) is 0 Å². The van der Waals surface area contributed by atoms with Crippen molar-refractivity contribution in [2.24, 2.45) is 0 Å². The SMILES string of the molecule is Cc1cc(C)cc(C(=O)NC(=S)Nc2ccc3nn(-c4ccc(F)cc4)nc3c2)c1. The van der Waals surface area contributed by atoms with Crippen LogP contribution in [0.1, 0.15) is 21.5 Å². The number of rotatable bonds is 3. The van der Waals surface area contributed by atoms with Gasteiger partial charge in [0.25, 0.3) is 5.91 Å². The zero-order valence-electron chi connectivity index (χ0n) is 16.3. The number of amides is 1. The fourth-order valence-electron chi connectivity index (χ4n) is 3.13. The first-order valence-corrected chi connectivity index (χ1v) is 9.62. The molecular formula is C22H18FN5OS. The summed E-state index contributed by atoms with van der Waals surface area (Å²) in [4.78, 5) is 13.9. The normalized spacial score (nSPS) is 10.8. The standard InChI is InChI=1S/C22H18FN5OS/c1-13-9-14(2)11-15(10-13)21(29)25-22(30)24-17-5-8-19-20(12-17)27-28(26-19)18-6-3-16(23)4-7-18/h3-12H,1-2H3,(H2,24,25,29,30). The summed E-state index contributed by atoms with van der Waals surface area (Å²) in [6.45, 7) is 3.88. The topological polar surface area (TPSA) is 71.8 Å². The molecule has 4 aromatic rings. The van der Waals surface area contributed by atoms with E-state index >= 15 is 0 Å². The third kappa shape index (κ3) is 4.33. The Bertz CT molecular complexity index is 1250. The molecule has 0 saturated carbocycles. The predicted molar refractivity (Wildman–Crippen MR) is 118 cm³/mol. The zero-order valence-corrected chi connectivity index (χ0v) is 17.1. The highest BCUT2D eigenvalue weighted by Crippen LogP contribution is 2.18. The predicted octanol–water partition coefficient (Wildman–Crippen LogP) is 4.30. The maximum absolute atomic E-state index is 13.1. The molecule has 0 aliphatic carbocycles. The molecule has 2 N–H and O–H groups in total. The molecule has 0 atom stereocenters. The van der Waals surface area contributed by atoms with Crippen LogP contribution >= 0.6 is 12.2 Å². The van der Waals surface area contributed by atoms with E-state index in [2.05, 4.69) is 20.8 Å². The van der Waals surface area contributed by atoms with Gasteiger partial charge in [0.15, 0.2) is 5.11 Å². The summed E-state index contributed by atoms with van der Waals surface area (Å²) in [5.41, 5.74) is 5.19. The van der Waals surface area contributed by atoms with Gasteiger partial charge in [0.05, 0.1) is 5.69 Å². The number of hydrogen-bond donors (Lipinski definition) is 2. The number of aromatic nitrogens is 3. The van der Waals surface area contributed by atoms with Crippen LogP contribution in [0.4, 0.5) is 10.1 Å². The molecule has 0 unspecified atom stereocenters. The Morgan fingerprint density at radius 2 is 1.60 bits per heavy atom. The molecule has 0 saturated heterocycles. The van der Waals surface area contributed by atoms with Crippen LogP contribution < -0.4 is 10.6 Å². The average molecular weight is 419 g/mol. The van der Waals surface area contributed by atoms with Crippen molar-refractivity contribution >= 4 is 40.0 Å². The first-order valence-electron chi connectivity index (χ1n) is 9.21. The van der Waals surface area contributed by atoms with Gasteiger partial charge in [0, 0.05) is 11.3 Å². The molecule has 0 bridgehead atoms. The van der Waals surface area contributed by atoms with E-state index in [9.17, 15) is 9.18 Å². The number of carbonyl (C=O) groups is 1. The zero-order chi connectivity index (χ0) is 21.3. The summed E-state index contributed by atoms with van der Waals surface area (Å²) < 4.78 is 13.1. The van der Waals surface area contributed by atoms with Crippen molar-refractivity contribution in [1.29, 1.82) is 0 Å². The number of carbonyl (C=O) groups excluding carboxylic acids is 1. The number of nitrogens with one attached hydrogen (secondary N) is 2. The molecule has 3 aromatic carbocycles. The maximum Gasteiger partial charge on any atom is 0.257 e. The Labute approximate surface area is 177 Å². The highest BCUT2D eigenvalue weighted by atomic mass is 32.1. The van der Waals surface area contributed by atoms with E-state index in [1.807, 2.05) is 32.0 Å². The molecule has 0 fully saturated rings. The molecule has 150 valence electrons. The number of benzene rings is 3. The van der Waals surface area contributed by atoms with Gasteiger partial charge in [-0.2, -0.15) is 4.80 Å². The number of hydrogen-bond acceptors (Lipinski definition) is 4. The van der Waals surface area contributed by atoms with E-state index in [-0.39, 0.29) is 16.8 Å². The van der Waals surface area contributed by atoms with E-state index in [4.69, 9.17) is 12.2 Å². The molecule has 1 aromatic heterocycles. The molecule has 6 nitrogen and oxygen atoms in total. The largest absolute Gasteiger partial charge is 0.332 e. The van der Waals surface area contributed by atoms with Gasteiger partial charge in [-0.05, 0) is 80.7 Å². The van der Waals surface area contributed by atoms with Crippen LogP contribution in [-0.4, -0.2) is 26.0 Å². The second kappa shape index (κ2) is 8.00. The quantitative estimate of drug-likeness (QED) is 0.485. The number of thiocarbonyl (C=S) groups is 1. The van der Waals surface area contributed by atoms with E-state index in [1.54, 1.807) is 30.3 Å². The van der Waals surface area contributed by atoms with E-state index in [0.29, 0.717) is 28.0 Å². The van der Waals surface area contributed by atoms with E-state index in [0.717, 1.165) is 11.1 Å². The van der Waals surface area contributed by atoms with Crippen LogP contribution in [0.5, 0.6) is 0 Å². The number of halogens is 1. The summed E-state index contributed by atoms with van der Waals surface area (Å²) in [6, 6.07) is 16.9. The average Bonchev–Trinajstić information content (AvgIpc) is 3.11. The van der Waals surface area contributed by atoms with Crippen molar-refractivity contribution in [3.05, 3.63) is 83.2 Å². The molecule has 0 radical (unpaired) electrons. The number of fused-ring (bicyclic) bond motifs is 1. The molecule has 30 heavy (non-hydrogen) atoms. The number of aryl methyl sites for hydroxylation is 2. The molecule has 0 aliphatic rings. The molecule has 1 heterocycles. The lowest BCUT2D eigenvalue weighted by Gasteiger charge is -2.10. The first kappa shape index (κ1) is 19.7. The van der Waals surface area contributed by atoms with Crippen molar-refractivity contribution in [3.63, 3.8) is 0 Å². The van der Waals surface area contributed by atoms with Crippen LogP contribution in [0.25, 0.3) is 16.7 Å². The minimum Gasteiger partial charge on any atom is -0.332 e. The highest BCUT2D eigenvalue weighted by Gasteiger charge is 2.11. The van der Waals surface area contributed by atoms with Crippen molar-refractivity contribution in [3.8, 4) is 5.69 Å². The third-order valence-electron chi connectivity index (χ3n) is 4.41. The van der Waals surface area contributed by atoms with Gasteiger partial charge in [0.1, 0.15) is 16.9 Å². The Morgan fingerprint density at radius 1 is 0.933 bits per heavy atom. The van der Waals surface area contributed by atoms with Crippen LogP contribution in [0.2, 0.25) is 0 Å². The van der Waals surface area contributed by atoms with Gasteiger partial charge >= 0.3 is 0 Å².